The van der Waals surface area contributed by atoms with Gasteiger partial charge in [0, 0.05) is 29.2 Å². The van der Waals surface area contributed by atoms with E-state index >= 15 is 0 Å². The average molecular weight is 414 g/mol. The van der Waals surface area contributed by atoms with E-state index in [4.69, 9.17) is 4.74 Å². The number of hydrogen-bond donors (Lipinski definition) is 1. The smallest absolute Gasteiger partial charge is 0.306 e. The summed E-state index contributed by atoms with van der Waals surface area (Å²) in [5.41, 5.74) is 3.95. The molecule has 0 aliphatic heterocycles. The molecule has 0 aliphatic carbocycles. The number of amides is 1. The van der Waals surface area contributed by atoms with Crippen LogP contribution < -0.4 is 5.32 Å². The number of benzene rings is 2. The first-order valence-electron chi connectivity index (χ1n) is 9.57. The fourth-order valence-electron chi connectivity index (χ4n) is 2.54. The predicted molar refractivity (Wildman–Crippen MR) is 115 cm³/mol. The van der Waals surface area contributed by atoms with Gasteiger partial charge < -0.3 is 10.1 Å². The van der Waals surface area contributed by atoms with Gasteiger partial charge in [-0.05, 0) is 50.1 Å². The van der Waals surface area contributed by atoms with E-state index in [0.717, 1.165) is 21.8 Å². The van der Waals surface area contributed by atoms with Crippen LogP contribution in [-0.4, -0.2) is 36.6 Å². The lowest BCUT2D eigenvalue weighted by molar-refractivity contribution is -0.148. The number of rotatable bonds is 10. The largest absolute Gasteiger partial charge is 0.456 e. The molecule has 1 amide bonds. The van der Waals surface area contributed by atoms with Crippen LogP contribution in [0, 0.1) is 20.8 Å². The summed E-state index contributed by atoms with van der Waals surface area (Å²) in [6, 6.07) is 13.7. The number of hydrogen-bond acceptors (Lipinski definition) is 5. The molecule has 0 atom stereocenters. The molecule has 6 heteroatoms. The van der Waals surface area contributed by atoms with Crippen LogP contribution >= 0.6 is 11.8 Å². The number of thioether (sulfide) groups is 1. The molecule has 0 spiro atoms. The van der Waals surface area contributed by atoms with Gasteiger partial charge in [0.25, 0.3) is 5.91 Å². The molecule has 0 fully saturated rings. The van der Waals surface area contributed by atoms with E-state index in [1.165, 1.54) is 5.56 Å². The zero-order valence-electron chi connectivity index (χ0n) is 17.1. The first-order chi connectivity index (χ1) is 13.8. The van der Waals surface area contributed by atoms with E-state index in [2.05, 4.69) is 5.32 Å². The fraction of sp³-hybridized carbons (Fsp3) is 0.348. The zero-order valence-corrected chi connectivity index (χ0v) is 17.9. The van der Waals surface area contributed by atoms with Gasteiger partial charge in [-0.2, -0.15) is 0 Å². The van der Waals surface area contributed by atoms with Gasteiger partial charge in [0.2, 0.25) is 0 Å². The molecule has 0 aromatic heterocycles. The molecule has 1 N–H and O–H groups in total. The van der Waals surface area contributed by atoms with Gasteiger partial charge in [-0.3, -0.25) is 14.4 Å². The van der Waals surface area contributed by atoms with Gasteiger partial charge in [-0.1, -0.05) is 29.8 Å². The van der Waals surface area contributed by atoms with Crippen molar-refractivity contribution in [3.8, 4) is 0 Å². The Kier molecular flexibility index (Phi) is 8.93. The van der Waals surface area contributed by atoms with Crippen LogP contribution in [0.1, 0.15) is 39.9 Å². The minimum atomic E-state index is -0.550. The lowest BCUT2D eigenvalue weighted by Crippen LogP contribution is -2.30. The Morgan fingerprint density at radius 3 is 2.34 bits per heavy atom. The van der Waals surface area contributed by atoms with Gasteiger partial charge in [0.1, 0.15) is 0 Å². The Hall–Kier alpha value is -2.60. The summed E-state index contributed by atoms with van der Waals surface area (Å²) in [4.78, 5) is 36.9. The monoisotopic (exact) mass is 413 g/mol. The van der Waals surface area contributed by atoms with Crippen molar-refractivity contribution in [2.24, 2.45) is 0 Å². The average Bonchev–Trinajstić information content (AvgIpc) is 2.71. The Labute approximate surface area is 176 Å². The summed E-state index contributed by atoms with van der Waals surface area (Å²) in [7, 11) is 0. The summed E-state index contributed by atoms with van der Waals surface area (Å²) >= 11 is 1.65. The summed E-state index contributed by atoms with van der Waals surface area (Å²) in [6.45, 7) is 6.12. The molecule has 0 aliphatic rings. The normalized spacial score (nSPS) is 10.4. The molecule has 2 aromatic carbocycles. The fourth-order valence-corrected chi connectivity index (χ4v) is 3.31. The maximum Gasteiger partial charge on any atom is 0.306 e. The summed E-state index contributed by atoms with van der Waals surface area (Å²) in [6.07, 6.45) is 0.0262. The number of esters is 1. The molecule has 0 saturated heterocycles. The number of carbonyl (C=O) groups is 3. The highest BCUT2D eigenvalue weighted by atomic mass is 32.2. The number of aryl methyl sites for hydroxylation is 3. The van der Waals surface area contributed by atoms with E-state index in [0.29, 0.717) is 12.1 Å². The molecule has 2 aromatic rings. The lowest BCUT2D eigenvalue weighted by Gasteiger charge is -2.07. The number of carbonyl (C=O) groups excluding carboxylic acids is 3. The topological polar surface area (TPSA) is 72.5 Å². The second-order valence-corrected chi connectivity index (χ2v) is 8.06. The Balaban J connectivity index is 1.60. The molecule has 29 heavy (non-hydrogen) atoms. The van der Waals surface area contributed by atoms with Crippen molar-refractivity contribution < 1.29 is 19.1 Å². The van der Waals surface area contributed by atoms with E-state index < -0.39 is 5.97 Å². The van der Waals surface area contributed by atoms with E-state index in [9.17, 15) is 14.4 Å². The maximum atomic E-state index is 12.2. The minimum absolute atomic E-state index is 0.0394. The van der Waals surface area contributed by atoms with Gasteiger partial charge in [-0.25, -0.2) is 0 Å². The minimum Gasteiger partial charge on any atom is -0.456 e. The molecule has 154 valence electrons. The van der Waals surface area contributed by atoms with E-state index in [-0.39, 0.29) is 31.1 Å². The molecule has 0 saturated carbocycles. The third-order valence-electron chi connectivity index (χ3n) is 4.46. The number of nitrogens with one attached hydrogen (secondary N) is 1. The SMILES string of the molecule is Cc1ccc(SCCNC(=O)COC(=O)CCC(=O)c2ccc(C)c(C)c2)cc1. The van der Waals surface area contributed by atoms with Crippen molar-refractivity contribution in [3.05, 3.63) is 64.7 Å². The maximum absolute atomic E-state index is 12.2. The molecule has 0 unspecified atom stereocenters. The van der Waals surface area contributed by atoms with Crippen LogP contribution in [0.15, 0.2) is 47.4 Å². The Morgan fingerprint density at radius 2 is 1.66 bits per heavy atom. The first-order valence-corrected chi connectivity index (χ1v) is 10.6. The number of Topliss-reactive ketones (excluding diaryl/α,β-unsaturated/α-hetero) is 1. The second-order valence-electron chi connectivity index (χ2n) is 6.89. The van der Waals surface area contributed by atoms with Crippen LogP contribution in [-0.2, 0) is 14.3 Å². The van der Waals surface area contributed by atoms with Crippen LogP contribution in [0.2, 0.25) is 0 Å². The standard InChI is InChI=1S/C23H27NO4S/c1-16-4-8-20(9-5-16)29-13-12-24-22(26)15-28-23(27)11-10-21(25)19-7-6-17(2)18(3)14-19/h4-9,14H,10-13,15H2,1-3H3,(H,24,26). The molecule has 2 rings (SSSR count). The highest BCUT2D eigenvalue weighted by Crippen LogP contribution is 2.17. The second kappa shape index (κ2) is 11.4. The zero-order chi connectivity index (χ0) is 21.2. The predicted octanol–water partition coefficient (Wildman–Crippen LogP) is 4.03. The number of ketones is 1. The molecule has 0 heterocycles. The molecular weight excluding hydrogens is 386 g/mol. The van der Waals surface area contributed by atoms with Gasteiger partial charge >= 0.3 is 5.97 Å². The van der Waals surface area contributed by atoms with Gasteiger partial charge in [-0.15, -0.1) is 11.8 Å². The highest BCUT2D eigenvalue weighted by Gasteiger charge is 2.12. The molecule has 0 bridgehead atoms. The summed E-state index contributed by atoms with van der Waals surface area (Å²) in [5.74, 6) is -0.273. The third-order valence-corrected chi connectivity index (χ3v) is 5.48. The van der Waals surface area contributed by atoms with Crippen molar-refractivity contribution in [2.45, 2.75) is 38.5 Å². The van der Waals surface area contributed by atoms with Crippen molar-refractivity contribution in [2.75, 3.05) is 18.9 Å². The van der Waals surface area contributed by atoms with Crippen LogP contribution in [0.5, 0.6) is 0 Å². The van der Waals surface area contributed by atoms with Gasteiger partial charge in [0.15, 0.2) is 12.4 Å². The molecule has 0 radical (unpaired) electrons. The van der Waals surface area contributed by atoms with E-state index in [1.54, 1.807) is 17.8 Å². The first kappa shape index (κ1) is 22.7. The third kappa shape index (κ3) is 8.11. The Bertz CT molecular complexity index is 862. The summed E-state index contributed by atoms with van der Waals surface area (Å²) in [5, 5.41) is 2.72. The van der Waals surface area contributed by atoms with Crippen molar-refractivity contribution in [1.82, 2.24) is 5.32 Å². The quantitative estimate of drug-likeness (QED) is 0.276. The van der Waals surface area contributed by atoms with Crippen LogP contribution in [0.3, 0.4) is 0 Å². The highest BCUT2D eigenvalue weighted by molar-refractivity contribution is 7.99. The van der Waals surface area contributed by atoms with Crippen LogP contribution in [0.25, 0.3) is 0 Å². The Morgan fingerprint density at radius 1 is 0.931 bits per heavy atom. The van der Waals surface area contributed by atoms with Crippen molar-refractivity contribution in [1.29, 1.82) is 0 Å². The lowest BCUT2D eigenvalue weighted by atomic mass is 10.0. The molecular formula is C23H27NO4S. The van der Waals surface area contributed by atoms with Crippen molar-refractivity contribution >= 4 is 29.4 Å². The van der Waals surface area contributed by atoms with Crippen LogP contribution in [0.4, 0.5) is 0 Å². The number of ether oxygens (including phenoxy) is 1. The van der Waals surface area contributed by atoms with Gasteiger partial charge in [0.05, 0.1) is 6.42 Å². The molecule has 5 nitrogen and oxygen atoms in total. The summed E-state index contributed by atoms with van der Waals surface area (Å²) < 4.78 is 4.95. The van der Waals surface area contributed by atoms with Crippen molar-refractivity contribution in [3.63, 3.8) is 0 Å². The van der Waals surface area contributed by atoms with E-state index in [1.807, 2.05) is 57.2 Å².